The first-order valence-electron chi connectivity index (χ1n) is 8.35. The molecule has 5 rings (SSSR count). The second-order valence-electron chi connectivity index (χ2n) is 6.20. The van der Waals surface area contributed by atoms with Crippen molar-refractivity contribution in [2.75, 3.05) is 0 Å². The third-order valence-electron chi connectivity index (χ3n) is 4.59. The van der Waals surface area contributed by atoms with Gasteiger partial charge in [-0.25, -0.2) is 4.52 Å². The van der Waals surface area contributed by atoms with E-state index in [1.165, 1.54) is 0 Å². The Labute approximate surface area is 148 Å². The molecule has 4 heterocycles. The van der Waals surface area contributed by atoms with E-state index in [0.29, 0.717) is 17.0 Å². The van der Waals surface area contributed by atoms with Crippen molar-refractivity contribution in [2.45, 2.75) is 6.92 Å². The number of rotatable bonds is 2. The number of benzene rings is 1. The first kappa shape index (κ1) is 14.7. The van der Waals surface area contributed by atoms with Gasteiger partial charge in [0.05, 0.1) is 27.8 Å². The van der Waals surface area contributed by atoms with Gasteiger partial charge in [-0.15, -0.1) is 0 Å². The van der Waals surface area contributed by atoms with Crippen molar-refractivity contribution in [1.82, 2.24) is 19.6 Å². The topological polar surface area (TPSA) is 60.2 Å². The molecule has 4 aromatic heterocycles. The van der Waals surface area contributed by atoms with Crippen LogP contribution in [0.1, 0.15) is 17.3 Å². The monoisotopic (exact) mass is 338 g/mol. The summed E-state index contributed by atoms with van der Waals surface area (Å²) in [6.45, 7) is 1.56. The Bertz CT molecular complexity index is 1310. The summed E-state index contributed by atoms with van der Waals surface area (Å²) in [6.07, 6.45) is 3.48. The van der Waals surface area contributed by atoms with Crippen LogP contribution in [0.15, 0.2) is 67.0 Å². The van der Waals surface area contributed by atoms with Gasteiger partial charge in [0.1, 0.15) is 5.69 Å². The van der Waals surface area contributed by atoms with Crippen molar-refractivity contribution in [3.8, 4) is 11.4 Å². The lowest BCUT2D eigenvalue weighted by Gasteiger charge is -2.05. The maximum Gasteiger partial charge on any atom is 0.164 e. The lowest BCUT2D eigenvalue weighted by atomic mass is 10.1. The van der Waals surface area contributed by atoms with Gasteiger partial charge in [-0.3, -0.25) is 14.8 Å². The predicted molar refractivity (Wildman–Crippen MR) is 101 cm³/mol. The molecule has 5 aromatic rings. The minimum absolute atomic E-state index is 0.0341. The Balaban J connectivity index is 1.99. The zero-order valence-corrected chi connectivity index (χ0v) is 14.0. The third-order valence-corrected chi connectivity index (χ3v) is 4.59. The van der Waals surface area contributed by atoms with E-state index in [2.05, 4.69) is 9.97 Å². The van der Waals surface area contributed by atoms with E-state index in [1.54, 1.807) is 19.3 Å². The molecule has 0 N–H and O–H groups in total. The van der Waals surface area contributed by atoms with Gasteiger partial charge in [-0.05, 0) is 31.2 Å². The van der Waals surface area contributed by atoms with E-state index < -0.39 is 0 Å². The van der Waals surface area contributed by atoms with E-state index in [0.717, 1.165) is 27.3 Å². The molecule has 0 saturated carbocycles. The minimum atomic E-state index is -0.0341. The molecule has 0 unspecified atom stereocenters. The summed E-state index contributed by atoms with van der Waals surface area (Å²) in [5.41, 5.74) is 4.38. The fraction of sp³-hybridized carbons (Fsp3) is 0.0476. The Morgan fingerprint density at radius 3 is 2.50 bits per heavy atom. The van der Waals surface area contributed by atoms with Crippen molar-refractivity contribution in [1.29, 1.82) is 0 Å². The molecule has 1 aromatic carbocycles. The van der Waals surface area contributed by atoms with Gasteiger partial charge in [0.15, 0.2) is 5.78 Å². The number of nitrogens with zero attached hydrogens (tertiary/aromatic N) is 4. The maximum atomic E-state index is 12.4. The highest BCUT2D eigenvalue weighted by Gasteiger charge is 2.20. The van der Waals surface area contributed by atoms with Crippen molar-refractivity contribution in [3.63, 3.8) is 0 Å². The highest BCUT2D eigenvalue weighted by Crippen LogP contribution is 2.30. The van der Waals surface area contributed by atoms with Gasteiger partial charge in [-0.1, -0.05) is 30.3 Å². The van der Waals surface area contributed by atoms with Crippen LogP contribution in [0.2, 0.25) is 0 Å². The Hall–Kier alpha value is -3.60. The van der Waals surface area contributed by atoms with Crippen molar-refractivity contribution in [3.05, 3.63) is 72.6 Å². The van der Waals surface area contributed by atoms with Gasteiger partial charge in [0.25, 0.3) is 0 Å². The molecule has 124 valence electrons. The lowest BCUT2D eigenvalue weighted by molar-refractivity contribution is 0.102. The molecule has 0 saturated heterocycles. The smallest absolute Gasteiger partial charge is 0.164 e. The van der Waals surface area contributed by atoms with Crippen molar-refractivity contribution >= 4 is 33.1 Å². The van der Waals surface area contributed by atoms with E-state index in [1.807, 2.05) is 59.1 Å². The lowest BCUT2D eigenvalue weighted by Crippen LogP contribution is -1.95. The van der Waals surface area contributed by atoms with Crippen LogP contribution < -0.4 is 0 Å². The van der Waals surface area contributed by atoms with Crippen molar-refractivity contribution < 1.29 is 4.79 Å². The Morgan fingerprint density at radius 2 is 1.69 bits per heavy atom. The van der Waals surface area contributed by atoms with E-state index in [-0.39, 0.29) is 5.78 Å². The number of hydrogen-bond donors (Lipinski definition) is 0. The van der Waals surface area contributed by atoms with Crippen LogP contribution in [0.3, 0.4) is 0 Å². The zero-order valence-electron chi connectivity index (χ0n) is 14.0. The van der Waals surface area contributed by atoms with Crippen LogP contribution in [0.25, 0.3) is 38.7 Å². The van der Waals surface area contributed by atoms with Crippen LogP contribution in [0.4, 0.5) is 0 Å². The summed E-state index contributed by atoms with van der Waals surface area (Å²) in [5, 5.41) is 6.83. The Morgan fingerprint density at radius 1 is 0.885 bits per heavy atom. The molecule has 5 heteroatoms. The molecule has 0 spiro atoms. The molecule has 26 heavy (non-hydrogen) atoms. The zero-order chi connectivity index (χ0) is 17.7. The molecule has 5 nitrogen and oxygen atoms in total. The normalized spacial score (nSPS) is 11.4. The molecule has 0 aliphatic rings. The molecular weight excluding hydrogens is 324 g/mol. The average molecular weight is 338 g/mol. The predicted octanol–water partition coefficient (Wildman–Crippen LogP) is 4.30. The van der Waals surface area contributed by atoms with Gasteiger partial charge in [-0.2, -0.15) is 5.10 Å². The molecule has 0 aliphatic carbocycles. The van der Waals surface area contributed by atoms with Crippen LogP contribution in [-0.2, 0) is 0 Å². The number of pyridine rings is 3. The van der Waals surface area contributed by atoms with Crippen molar-refractivity contribution in [2.24, 2.45) is 0 Å². The summed E-state index contributed by atoms with van der Waals surface area (Å²) in [7, 11) is 0. The minimum Gasteiger partial charge on any atom is -0.294 e. The second-order valence-corrected chi connectivity index (χ2v) is 6.20. The third kappa shape index (κ3) is 2.04. The summed E-state index contributed by atoms with van der Waals surface area (Å²) < 4.78 is 1.82. The van der Waals surface area contributed by atoms with Gasteiger partial charge in [0, 0.05) is 23.2 Å². The van der Waals surface area contributed by atoms with E-state index >= 15 is 0 Å². The summed E-state index contributed by atoms with van der Waals surface area (Å²) in [6, 6.07) is 17.6. The molecular formula is C21H14N4O. The number of carbonyl (C=O) groups is 1. The number of hydrogen-bond acceptors (Lipinski definition) is 4. The molecule has 0 radical (unpaired) electrons. The number of carbonyl (C=O) groups excluding carboxylic acids is 1. The van der Waals surface area contributed by atoms with Gasteiger partial charge in [0.2, 0.25) is 0 Å². The summed E-state index contributed by atoms with van der Waals surface area (Å²) in [5.74, 6) is -0.0341. The highest BCUT2D eigenvalue weighted by molar-refractivity contribution is 6.09. The number of ketones is 1. The van der Waals surface area contributed by atoms with Crippen LogP contribution in [0, 0.1) is 0 Å². The summed E-state index contributed by atoms with van der Waals surface area (Å²) >= 11 is 0. The number of fused-ring (bicyclic) bond motifs is 5. The van der Waals surface area contributed by atoms with Crippen LogP contribution >= 0.6 is 0 Å². The quantitative estimate of drug-likeness (QED) is 0.356. The molecule has 0 atom stereocenters. The first-order valence-corrected chi connectivity index (χ1v) is 8.35. The largest absolute Gasteiger partial charge is 0.294 e. The maximum absolute atomic E-state index is 12.4. The fourth-order valence-corrected chi connectivity index (χ4v) is 3.46. The number of aromatic nitrogens is 4. The molecule has 0 aliphatic heterocycles. The van der Waals surface area contributed by atoms with Gasteiger partial charge >= 0.3 is 0 Å². The number of Topliss-reactive ketones (excluding diaryl/α,β-unsaturated/α-hetero) is 1. The van der Waals surface area contributed by atoms with E-state index in [9.17, 15) is 4.79 Å². The van der Waals surface area contributed by atoms with Gasteiger partial charge < -0.3 is 0 Å². The molecule has 0 fully saturated rings. The molecule has 0 bridgehead atoms. The van der Waals surface area contributed by atoms with Crippen LogP contribution in [0.5, 0.6) is 0 Å². The summed E-state index contributed by atoms with van der Waals surface area (Å²) in [4.78, 5) is 21.4. The standard InChI is InChI=1S/C21H14N4O/c1-13(26)18-17-10-9-15-8-7-14-5-4-12-23-19(14)21(15)25(17)24-20(18)16-6-2-3-11-22-16/h2-12H,1H3. The Kier molecular flexibility index (Phi) is 3.09. The SMILES string of the molecule is CC(=O)c1c(-c2ccccn2)nn2c1ccc1ccc3cccnc3c12. The average Bonchev–Trinajstić information content (AvgIpc) is 3.08. The van der Waals surface area contributed by atoms with E-state index in [4.69, 9.17) is 5.10 Å². The first-order chi connectivity index (χ1) is 12.7. The highest BCUT2D eigenvalue weighted by atomic mass is 16.1. The molecule has 0 amide bonds. The van der Waals surface area contributed by atoms with Crippen LogP contribution in [-0.4, -0.2) is 25.4 Å². The fourth-order valence-electron chi connectivity index (χ4n) is 3.46. The second kappa shape index (κ2) is 5.46.